The smallest absolute Gasteiger partial charge is 0.358 e. The third-order valence-corrected chi connectivity index (χ3v) is 8.40. The molecule has 1 fully saturated rings. The van der Waals surface area contributed by atoms with E-state index in [-0.39, 0.29) is 6.61 Å². The molecule has 0 spiro atoms. The summed E-state index contributed by atoms with van der Waals surface area (Å²) >= 11 is 0. The molecule has 1 aliphatic rings. The van der Waals surface area contributed by atoms with Gasteiger partial charge in [0.15, 0.2) is 5.85 Å². The number of benzene rings is 3. The maximum absolute atomic E-state index is 13.3. The Hall–Kier alpha value is -2.35. The monoisotopic (exact) mass is 526 g/mol. The van der Waals surface area contributed by atoms with Crippen LogP contribution in [0.5, 0.6) is 0 Å². The standard InChI is InChI=1S/C29H35O7P/c1-31-37(30,32-2)28-18-26(34-20-24-14-8-4-9-15-24)29(35-21-25-16-10-5-11-17-25)27(36-28)22-33-19-23-12-6-3-7-13-23/h3-17,26-29H,18-22H2,1-2H3/t26-,27-,28-,29+/m1/s1. The zero-order chi connectivity index (χ0) is 25.9. The highest BCUT2D eigenvalue weighted by Crippen LogP contribution is 2.56. The molecule has 1 heterocycles. The Morgan fingerprint density at radius 2 is 1.22 bits per heavy atom. The Morgan fingerprint density at radius 1 is 0.730 bits per heavy atom. The molecule has 0 aromatic heterocycles. The first-order valence-electron chi connectivity index (χ1n) is 12.4. The molecule has 0 amide bonds. The minimum atomic E-state index is -3.53. The van der Waals surface area contributed by atoms with Crippen LogP contribution in [0.4, 0.5) is 0 Å². The minimum Gasteiger partial charge on any atom is -0.374 e. The Kier molecular flexibility index (Phi) is 10.5. The molecule has 37 heavy (non-hydrogen) atoms. The molecule has 1 aliphatic heterocycles. The van der Waals surface area contributed by atoms with Gasteiger partial charge in [-0.25, -0.2) is 0 Å². The van der Waals surface area contributed by atoms with Gasteiger partial charge in [0.25, 0.3) is 0 Å². The van der Waals surface area contributed by atoms with Crippen LogP contribution in [0.25, 0.3) is 0 Å². The Balaban J connectivity index is 1.54. The highest BCUT2D eigenvalue weighted by atomic mass is 31.2. The summed E-state index contributed by atoms with van der Waals surface area (Å²) < 4.78 is 49.1. The average Bonchev–Trinajstić information content (AvgIpc) is 2.96. The topological polar surface area (TPSA) is 72.5 Å². The van der Waals surface area contributed by atoms with Gasteiger partial charge in [0.05, 0.1) is 32.5 Å². The van der Waals surface area contributed by atoms with Crippen molar-refractivity contribution >= 4 is 7.60 Å². The van der Waals surface area contributed by atoms with E-state index in [4.69, 9.17) is 28.0 Å². The van der Waals surface area contributed by atoms with Crippen LogP contribution < -0.4 is 0 Å². The van der Waals surface area contributed by atoms with Crippen molar-refractivity contribution in [3.8, 4) is 0 Å². The first kappa shape index (κ1) is 27.7. The number of hydrogen-bond acceptors (Lipinski definition) is 7. The third-order valence-electron chi connectivity index (χ3n) is 6.35. The van der Waals surface area contributed by atoms with Gasteiger partial charge in [0.1, 0.15) is 12.2 Å². The van der Waals surface area contributed by atoms with Crippen LogP contribution >= 0.6 is 7.60 Å². The van der Waals surface area contributed by atoms with E-state index in [1.165, 1.54) is 14.2 Å². The fraction of sp³-hybridized carbons (Fsp3) is 0.379. The molecule has 7 nitrogen and oxygen atoms in total. The molecule has 4 rings (SSSR count). The summed E-state index contributed by atoms with van der Waals surface area (Å²) in [6.45, 7) is 1.40. The third kappa shape index (κ3) is 7.82. The van der Waals surface area contributed by atoms with E-state index in [1.54, 1.807) is 0 Å². The summed E-state index contributed by atoms with van der Waals surface area (Å²) in [5, 5.41) is 0. The summed E-state index contributed by atoms with van der Waals surface area (Å²) in [6.07, 6.45) is -1.14. The fourth-order valence-electron chi connectivity index (χ4n) is 4.34. The van der Waals surface area contributed by atoms with Gasteiger partial charge in [-0.15, -0.1) is 0 Å². The van der Waals surface area contributed by atoms with Crippen molar-refractivity contribution in [2.45, 2.75) is 50.4 Å². The van der Waals surface area contributed by atoms with E-state index in [2.05, 4.69) is 0 Å². The number of hydrogen-bond donors (Lipinski definition) is 0. The molecule has 4 atom stereocenters. The Bertz CT molecular complexity index is 1090. The maximum Gasteiger partial charge on any atom is 0.358 e. The van der Waals surface area contributed by atoms with Crippen LogP contribution in [0.15, 0.2) is 91.0 Å². The molecule has 0 saturated carbocycles. The quantitative estimate of drug-likeness (QED) is 0.254. The lowest BCUT2D eigenvalue weighted by molar-refractivity contribution is -0.208. The van der Waals surface area contributed by atoms with Crippen LogP contribution in [-0.4, -0.2) is 45.0 Å². The van der Waals surface area contributed by atoms with Gasteiger partial charge in [-0.3, -0.25) is 4.57 Å². The van der Waals surface area contributed by atoms with Gasteiger partial charge in [-0.1, -0.05) is 91.0 Å². The SMILES string of the molecule is COP(=O)(OC)[C@@H]1C[C@@H](OCc2ccccc2)[C@H](OCc2ccccc2)[C@@H](COCc2ccccc2)O1. The largest absolute Gasteiger partial charge is 0.374 e. The van der Waals surface area contributed by atoms with E-state index in [9.17, 15) is 4.57 Å². The molecule has 0 aliphatic carbocycles. The first-order chi connectivity index (χ1) is 18.1. The van der Waals surface area contributed by atoms with Gasteiger partial charge in [-0.05, 0) is 16.7 Å². The van der Waals surface area contributed by atoms with Gasteiger partial charge < -0.3 is 28.0 Å². The molecule has 198 valence electrons. The van der Waals surface area contributed by atoms with E-state index in [0.29, 0.717) is 26.2 Å². The summed E-state index contributed by atoms with van der Waals surface area (Å²) in [5.41, 5.74) is 3.12. The fourth-order valence-corrected chi connectivity index (χ4v) is 5.73. The molecular formula is C29H35O7P. The van der Waals surface area contributed by atoms with Crippen LogP contribution in [0, 0.1) is 0 Å². The molecule has 0 unspecified atom stereocenters. The maximum atomic E-state index is 13.3. The van der Waals surface area contributed by atoms with Crippen molar-refractivity contribution < 1.29 is 32.6 Å². The number of rotatable bonds is 13. The predicted molar refractivity (Wildman–Crippen MR) is 141 cm³/mol. The van der Waals surface area contributed by atoms with Crippen molar-refractivity contribution in [3.05, 3.63) is 108 Å². The minimum absolute atomic E-state index is 0.226. The lowest BCUT2D eigenvalue weighted by atomic mass is 10.0. The zero-order valence-corrected chi connectivity index (χ0v) is 22.2. The lowest BCUT2D eigenvalue weighted by Crippen LogP contribution is -2.52. The molecule has 0 radical (unpaired) electrons. The van der Waals surface area contributed by atoms with Gasteiger partial charge >= 0.3 is 7.60 Å². The molecule has 3 aromatic rings. The molecule has 0 N–H and O–H groups in total. The first-order valence-corrected chi connectivity index (χ1v) is 14.0. The lowest BCUT2D eigenvalue weighted by Gasteiger charge is -2.42. The van der Waals surface area contributed by atoms with E-state index < -0.39 is 31.8 Å². The van der Waals surface area contributed by atoms with Gasteiger partial charge in [0, 0.05) is 20.6 Å². The normalized spacial score (nSPS) is 22.1. The van der Waals surface area contributed by atoms with Crippen molar-refractivity contribution in [1.29, 1.82) is 0 Å². The van der Waals surface area contributed by atoms with Crippen LogP contribution in [0.1, 0.15) is 23.1 Å². The van der Waals surface area contributed by atoms with E-state index >= 15 is 0 Å². The summed E-state index contributed by atoms with van der Waals surface area (Å²) in [4.78, 5) is 0. The van der Waals surface area contributed by atoms with Crippen LogP contribution in [0.2, 0.25) is 0 Å². The van der Waals surface area contributed by atoms with Crippen molar-refractivity contribution in [2.75, 3.05) is 20.8 Å². The molecule has 1 saturated heterocycles. The summed E-state index contributed by atoms with van der Waals surface area (Å²) in [7, 11) is -0.799. The Labute approximate surface area is 219 Å². The zero-order valence-electron chi connectivity index (χ0n) is 21.3. The van der Waals surface area contributed by atoms with E-state index in [0.717, 1.165) is 16.7 Å². The molecule has 8 heteroatoms. The molecule has 3 aromatic carbocycles. The summed E-state index contributed by atoms with van der Waals surface area (Å²) in [5.74, 6) is -0.815. The highest BCUT2D eigenvalue weighted by Gasteiger charge is 2.48. The van der Waals surface area contributed by atoms with Gasteiger partial charge in [-0.2, -0.15) is 0 Å². The molecular weight excluding hydrogens is 491 g/mol. The summed E-state index contributed by atoms with van der Waals surface area (Å²) in [6, 6.07) is 29.8. The second kappa shape index (κ2) is 14.0. The van der Waals surface area contributed by atoms with Crippen LogP contribution in [0.3, 0.4) is 0 Å². The number of ether oxygens (including phenoxy) is 4. The van der Waals surface area contributed by atoms with E-state index in [1.807, 2.05) is 91.0 Å². The van der Waals surface area contributed by atoms with Crippen molar-refractivity contribution in [1.82, 2.24) is 0 Å². The predicted octanol–water partition coefficient (Wildman–Crippen LogP) is 5.97. The van der Waals surface area contributed by atoms with Crippen LogP contribution in [-0.2, 0) is 52.4 Å². The Morgan fingerprint density at radius 3 is 1.73 bits per heavy atom. The average molecular weight is 527 g/mol. The highest BCUT2D eigenvalue weighted by molar-refractivity contribution is 7.54. The van der Waals surface area contributed by atoms with Gasteiger partial charge in [0.2, 0.25) is 0 Å². The second-order valence-corrected chi connectivity index (χ2v) is 11.3. The van der Waals surface area contributed by atoms with Crippen molar-refractivity contribution in [3.63, 3.8) is 0 Å². The van der Waals surface area contributed by atoms with Crippen molar-refractivity contribution in [2.24, 2.45) is 0 Å². The second-order valence-electron chi connectivity index (χ2n) is 8.87. The molecule has 0 bridgehead atoms.